The highest BCUT2D eigenvalue weighted by molar-refractivity contribution is 9.10. The lowest BCUT2D eigenvalue weighted by molar-refractivity contribution is 0.417. The van der Waals surface area contributed by atoms with Crippen LogP contribution in [0.5, 0.6) is 0 Å². The fourth-order valence-corrected chi connectivity index (χ4v) is 2.23. The van der Waals surface area contributed by atoms with Gasteiger partial charge in [-0.3, -0.25) is 0 Å². The van der Waals surface area contributed by atoms with E-state index in [0.29, 0.717) is 0 Å². The number of hydrogen-bond acceptors (Lipinski definition) is 4. The number of hydrogen-bond donors (Lipinski definition) is 1. The third kappa shape index (κ3) is 2.81. The number of furan rings is 1. The maximum absolute atomic E-state index is 5.64. The molecule has 2 aromatic heterocycles. The first-order chi connectivity index (χ1) is 8.76. The Morgan fingerprint density at radius 2 is 2.28 bits per heavy atom. The van der Waals surface area contributed by atoms with Crippen LogP contribution in [0.1, 0.15) is 37.8 Å². The summed E-state index contributed by atoms with van der Waals surface area (Å²) in [6, 6.07) is 3.84. The quantitative estimate of drug-likeness (QED) is 0.891. The third-order valence-corrected chi connectivity index (χ3v) is 3.09. The summed E-state index contributed by atoms with van der Waals surface area (Å²) in [7, 11) is 0. The molecule has 5 nitrogen and oxygen atoms in total. The standard InChI is InChI=1S/C12H17BrN4O/c1-3-7-17-9(8-15-16-17)12(14-4-2)10-5-6-11(13)18-10/h5-6,8,12,14H,3-4,7H2,1-2H3. The van der Waals surface area contributed by atoms with Gasteiger partial charge < -0.3 is 9.73 Å². The molecule has 1 unspecified atom stereocenters. The number of aromatic nitrogens is 3. The lowest BCUT2D eigenvalue weighted by Gasteiger charge is -2.16. The first-order valence-corrected chi connectivity index (χ1v) is 6.92. The number of halogens is 1. The minimum absolute atomic E-state index is 0.0112. The smallest absolute Gasteiger partial charge is 0.169 e. The van der Waals surface area contributed by atoms with Crippen molar-refractivity contribution in [2.45, 2.75) is 32.9 Å². The number of aryl methyl sites for hydroxylation is 1. The van der Waals surface area contributed by atoms with Crippen LogP contribution in [0.2, 0.25) is 0 Å². The zero-order chi connectivity index (χ0) is 13.0. The van der Waals surface area contributed by atoms with Crippen LogP contribution in [0.15, 0.2) is 27.4 Å². The molecule has 1 N–H and O–H groups in total. The minimum Gasteiger partial charge on any atom is -0.452 e. The van der Waals surface area contributed by atoms with Crippen molar-refractivity contribution in [1.82, 2.24) is 20.3 Å². The zero-order valence-corrected chi connectivity index (χ0v) is 12.1. The van der Waals surface area contributed by atoms with Crippen LogP contribution in [0.4, 0.5) is 0 Å². The van der Waals surface area contributed by atoms with Gasteiger partial charge in [0.15, 0.2) is 4.67 Å². The van der Waals surface area contributed by atoms with Gasteiger partial charge in [-0.2, -0.15) is 0 Å². The molecule has 0 bridgehead atoms. The van der Waals surface area contributed by atoms with E-state index in [4.69, 9.17) is 4.42 Å². The summed E-state index contributed by atoms with van der Waals surface area (Å²) in [4.78, 5) is 0. The summed E-state index contributed by atoms with van der Waals surface area (Å²) in [6.07, 6.45) is 2.82. The normalized spacial score (nSPS) is 12.8. The van der Waals surface area contributed by atoms with Crippen LogP contribution >= 0.6 is 15.9 Å². The summed E-state index contributed by atoms with van der Waals surface area (Å²) >= 11 is 3.33. The van der Waals surface area contributed by atoms with E-state index in [-0.39, 0.29) is 6.04 Å². The Hall–Kier alpha value is -1.14. The van der Waals surface area contributed by atoms with Crippen molar-refractivity contribution in [2.24, 2.45) is 0 Å². The van der Waals surface area contributed by atoms with Crippen molar-refractivity contribution in [3.8, 4) is 0 Å². The number of rotatable bonds is 6. The molecule has 0 aliphatic rings. The van der Waals surface area contributed by atoms with Crippen molar-refractivity contribution in [2.75, 3.05) is 6.54 Å². The van der Waals surface area contributed by atoms with Crippen LogP contribution in [-0.4, -0.2) is 21.5 Å². The average molecular weight is 313 g/mol. The van der Waals surface area contributed by atoms with Crippen molar-refractivity contribution < 1.29 is 4.42 Å². The lowest BCUT2D eigenvalue weighted by atomic mass is 10.1. The Labute approximate surface area is 115 Å². The van der Waals surface area contributed by atoms with Crippen LogP contribution in [0.25, 0.3) is 0 Å². The molecule has 0 radical (unpaired) electrons. The van der Waals surface area contributed by atoms with Crippen LogP contribution < -0.4 is 5.32 Å². The van der Waals surface area contributed by atoms with Gasteiger partial charge in [0.25, 0.3) is 0 Å². The second kappa shape index (κ2) is 6.15. The topological polar surface area (TPSA) is 55.9 Å². The molecule has 0 aliphatic carbocycles. The highest BCUT2D eigenvalue weighted by Gasteiger charge is 2.21. The molecule has 2 heterocycles. The van der Waals surface area contributed by atoms with Gasteiger partial charge in [0.05, 0.1) is 11.9 Å². The average Bonchev–Trinajstić information content (AvgIpc) is 2.96. The van der Waals surface area contributed by atoms with Gasteiger partial charge in [-0.25, -0.2) is 4.68 Å². The van der Waals surface area contributed by atoms with E-state index in [9.17, 15) is 0 Å². The summed E-state index contributed by atoms with van der Waals surface area (Å²) in [5.74, 6) is 0.864. The molecule has 2 rings (SSSR count). The first kappa shape index (κ1) is 13.3. The van der Waals surface area contributed by atoms with Gasteiger partial charge in [-0.15, -0.1) is 5.10 Å². The molecule has 0 spiro atoms. The summed E-state index contributed by atoms with van der Waals surface area (Å²) in [5, 5.41) is 11.5. The highest BCUT2D eigenvalue weighted by Crippen LogP contribution is 2.25. The Morgan fingerprint density at radius 3 is 2.89 bits per heavy atom. The molecular weight excluding hydrogens is 296 g/mol. The first-order valence-electron chi connectivity index (χ1n) is 6.13. The number of nitrogens with one attached hydrogen (secondary N) is 1. The molecular formula is C12H17BrN4O. The van der Waals surface area contributed by atoms with Gasteiger partial charge in [0.1, 0.15) is 11.8 Å². The molecule has 0 amide bonds. The lowest BCUT2D eigenvalue weighted by Crippen LogP contribution is -2.24. The molecule has 0 fully saturated rings. The maximum atomic E-state index is 5.64. The van der Waals surface area contributed by atoms with Crippen LogP contribution in [0.3, 0.4) is 0 Å². The van der Waals surface area contributed by atoms with Gasteiger partial charge in [0.2, 0.25) is 0 Å². The molecule has 2 aromatic rings. The molecule has 0 aliphatic heterocycles. The largest absolute Gasteiger partial charge is 0.452 e. The third-order valence-electron chi connectivity index (χ3n) is 2.67. The minimum atomic E-state index is -0.0112. The predicted molar refractivity (Wildman–Crippen MR) is 72.2 cm³/mol. The Balaban J connectivity index is 2.31. The molecule has 0 saturated heterocycles. The Morgan fingerprint density at radius 1 is 1.44 bits per heavy atom. The summed E-state index contributed by atoms with van der Waals surface area (Å²) in [6.45, 7) is 5.90. The van der Waals surface area contributed by atoms with E-state index in [1.54, 1.807) is 6.20 Å². The monoisotopic (exact) mass is 312 g/mol. The second-order valence-corrected chi connectivity index (χ2v) is 4.80. The van der Waals surface area contributed by atoms with Crippen molar-refractivity contribution in [1.29, 1.82) is 0 Å². The van der Waals surface area contributed by atoms with E-state index < -0.39 is 0 Å². The van der Waals surface area contributed by atoms with E-state index in [1.165, 1.54) is 0 Å². The zero-order valence-electron chi connectivity index (χ0n) is 10.6. The molecule has 0 saturated carbocycles. The van der Waals surface area contributed by atoms with Crippen molar-refractivity contribution in [3.05, 3.63) is 34.5 Å². The number of nitrogens with zero attached hydrogens (tertiary/aromatic N) is 3. The van der Waals surface area contributed by atoms with Crippen LogP contribution in [0, 0.1) is 0 Å². The second-order valence-electron chi connectivity index (χ2n) is 4.01. The molecule has 98 valence electrons. The molecule has 18 heavy (non-hydrogen) atoms. The van der Waals surface area contributed by atoms with Gasteiger partial charge >= 0.3 is 0 Å². The van der Waals surface area contributed by atoms with Gasteiger partial charge in [0, 0.05) is 6.54 Å². The molecule has 1 atom stereocenters. The molecule has 0 aromatic carbocycles. The van der Waals surface area contributed by atoms with E-state index in [0.717, 1.165) is 35.6 Å². The van der Waals surface area contributed by atoms with E-state index in [1.807, 2.05) is 16.8 Å². The predicted octanol–water partition coefficient (Wildman–Crippen LogP) is 2.74. The van der Waals surface area contributed by atoms with E-state index >= 15 is 0 Å². The van der Waals surface area contributed by atoms with Crippen molar-refractivity contribution in [3.63, 3.8) is 0 Å². The van der Waals surface area contributed by atoms with Gasteiger partial charge in [-0.1, -0.05) is 19.1 Å². The summed E-state index contributed by atoms with van der Waals surface area (Å²) in [5.41, 5.74) is 1.03. The SMILES string of the molecule is CCCn1nncc1C(NCC)c1ccc(Br)o1. The van der Waals surface area contributed by atoms with Crippen LogP contribution in [-0.2, 0) is 6.54 Å². The molecule has 6 heteroatoms. The fraction of sp³-hybridized carbons (Fsp3) is 0.500. The summed E-state index contributed by atoms with van der Waals surface area (Å²) < 4.78 is 8.29. The van der Waals surface area contributed by atoms with Gasteiger partial charge in [-0.05, 0) is 41.0 Å². The Kier molecular flexibility index (Phi) is 4.54. The van der Waals surface area contributed by atoms with Crippen molar-refractivity contribution >= 4 is 15.9 Å². The Bertz CT molecular complexity index is 494. The van der Waals surface area contributed by atoms with E-state index in [2.05, 4.69) is 45.4 Å². The fourth-order valence-electron chi connectivity index (χ4n) is 1.91. The highest BCUT2D eigenvalue weighted by atomic mass is 79.9. The maximum Gasteiger partial charge on any atom is 0.169 e.